The van der Waals surface area contributed by atoms with E-state index in [0.29, 0.717) is 43.7 Å². The fraction of sp³-hybridized carbons (Fsp3) is 0.0952. The van der Waals surface area contributed by atoms with Crippen LogP contribution in [0.25, 0.3) is 0 Å². The van der Waals surface area contributed by atoms with Gasteiger partial charge < -0.3 is 0 Å². The van der Waals surface area contributed by atoms with Gasteiger partial charge in [0, 0.05) is 33.6 Å². The summed E-state index contributed by atoms with van der Waals surface area (Å²) in [5.74, 6) is -0.539. The number of aromatic nitrogens is 1. The van der Waals surface area contributed by atoms with E-state index in [4.69, 9.17) is 23.2 Å². The lowest BCUT2D eigenvalue weighted by Crippen LogP contribution is -2.12. The topological polar surface area (TPSA) is 47.0 Å². The molecule has 0 radical (unpaired) electrons. The molecule has 0 N–H and O–H groups in total. The van der Waals surface area contributed by atoms with Crippen molar-refractivity contribution in [2.75, 3.05) is 0 Å². The molecule has 0 aliphatic rings. The van der Waals surface area contributed by atoms with Crippen LogP contribution in [0.15, 0.2) is 54.6 Å². The van der Waals surface area contributed by atoms with Crippen molar-refractivity contribution in [3.8, 4) is 0 Å². The SMILES string of the molecule is Cc1nc(C)c(C(=O)c2ccccc2Cl)cc1C(=O)c1ccccc1Cl. The molecule has 2 aromatic carbocycles. The van der Waals surface area contributed by atoms with Crippen LogP contribution in [0.2, 0.25) is 10.0 Å². The summed E-state index contributed by atoms with van der Waals surface area (Å²) in [6.45, 7) is 3.47. The predicted octanol–water partition coefficient (Wildman–Crippen LogP) is 5.47. The summed E-state index contributed by atoms with van der Waals surface area (Å²) in [5.41, 5.74) is 2.53. The van der Waals surface area contributed by atoms with Crippen LogP contribution < -0.4 is 0 Å². The van der Waals surface area contributed by atoms with Crippen molar-refractivity contribution in [3.05, 3.63) is 98.3 Å². The van der Waals surface area contributed by atoms with E-state index >= 15 is 0 Å². The lowest BCUT2D eigenvalue weighted by Gasteiger charge is -2.12. The molecule has 0 fully saturated rings. The van der Waals surface area contributed by atoms with E-state index in [0.717, 1.165) is 0 Å². The number of nitrogens with zero attached hydrogens (tertiary/aromatic N) is 1. The minimum atomic E-state index is -0.270. The minimum Gasteiger partial charge on any atom is -0.288 e. The van der Waals surface area contributed by atoms with Crippen LogP contribution in [0.5, 0.6) is 0 Å². The zero-order valence-corrected chi connectivity index (χ0v) is 15.7. The number of benzene rings is 2. The Bertz CT molecular complexity index is 950. The molecular weight excluding hydrogens is 369 g/mol. The summed E-state index contributed by atoms with van der Waals surface area (Å²) < 4.78 is 0. The Morgan fingerprint density at radius 3 is 1.46 bits per heavy atom. The van der Waals surface area contributed by atoms with Crippen LogP contribution in [0.3, 0.4) is 0 Å². The first kappa shape index (κ1) is 18.3. The highest BCUT2D eigenvalue weighted by Crippen LogP contribution is 2.25. The Balaban J connectivity index is 2.11. The van der Waals surface area contributed by atoms with Gasteiger partial charge in [-0.25, -0.2) is 0 Å². The molecule has 3 nitrogen and oxygen atoms in total. The van der Waals surface area contributed by atoms with Gasteiger partial charge >= 0.3 is 0 Å². The molecular formula is C21H15Cl2NO2. The number of hydrogen-bond donors (Lipinski definition) is 0. The van der Waals surface area contributed by atoms with E-state index < -0.39 is 0 Å². The lowest BCUT2D eigenvalue weighted by molar-refractivity contribution is 0.103. The Labute approximate surface area is 161 Å². The number of ketones is 2. The van der Waals surface area contributed by atoms with Crippen LogP contribution in [0, 0.1) is 13.8 Å². The molecule has 0 amide bonds. The van der Waals surface area contributed by atoms with Gasteiger partial charge in [-0.2, -0.15) is 0 Å². The van der Waals surface area contributed by atoms with Crippen LogP contribution in [-0.2, 0) is 0 Å². The third kappa shape index (κ3) is 3.41. The average Bonchev–Trinajstić information content (AvgIpc) is 2.61. The number of carbonyl (C=O) groups is 2. The van der Waals surface area contributed by atoms with E-state index in [-0.39, 0.29) is 11.6 Å². The molecule has 130 valence electrons. The number of rotatable bonds is 4. The molecule has 0 bridgehead atoms. The average molecular weight is 384 g/mol. The second kappa shape index (κ2) is 7.40. The Kier molecular flexibility index (Phi) is 5.21. The van der Waals surface area contributed by atoms with Crippen molar-refractivity contribution in [2.45, 2.75) is 13.8 Å². The van der Waals surface area contributed by atoms with Gasteiger partial charge in [-0.1, -0.05) is 47.5 Å². The fourth-order valence-corrected chi connectivity index (χ4v) is 3.21. The number of carbonyl (C=O) groups excluding carboxylic acids is 2. The number of halogens is 2. The monoisotopic (exact) mass is 383 g/mol. The number of pyridine rings is 1. The third-order valence-electron chi connectivity index (χ3n) is 4.13. The van der Waals surface area contributed by atoms with E-state index in [9.17, 15) is 9.59 Å². The van der Waals surface area contributed by atoms with E-state index in [1.807, 2.05) is 0 Å². The molecule has 0 spiro atoms. The van der Waals surface area contributed by atoms with Crippen LogP contribution in [0.4, 0.5) is 0 Å². The molecule has 0 saturated carbocycles. The predicted molar refractivity (Wildman–Crippen MR) is 103 cm³/mol. The molecule has 0 saturated heterocycles. The first-order valence-electron chi connectivity index (χ1n) is 7.97. The van der Waals surface area contributed by atoms with Crippen molar-refractivity contribution >= 4 is 34.8 Å². The molecule has 5 heteroatoms. The highest BCUT2D eigenvalue weighted by Gasteiger charge is 2.21. The zero-order chi connectivity index (χ0) is 18.8. The molecule has 26 heavy (non-hydrogen) atoms. The smallest absolute Gasteiger partial charge is 0.196 e. The molecule has 0 unspecified atom stereocenters. The van der Waals surface area contributed by atoms with Crippen LogP contribution >= 0.6 is 23.2 Å². The Morgan fingerprint density at radius 1 is 0.692 bits per heavy atom. The molecule has 1 aromatic heterocycles. The molecule has 0 aliphatic heterocycles. The van der Waals surface area contributed by atoms with Crippen molar-refractivity contribution in [1.29, 1.82) is 0 Å². The molecule has 3 aromatic rings. The second-order valence-corrected chi connectivity index (χ2v) is 6.69. The zero-order valence-electron chi connectivity index (χ0n) is 14.2. The second-order valence-electron chi connectivity index (χ2n) is 5.87. The maximum Gasteiger partial charge on any atom is 0.196 e. The van der Waals surface area contributed by atoms with Crippen molar-refractivity contribution in [3.63, 3.8) is 0 Å². The third-order valence-corrected chi connectivity index (χ3v) is 4.79. The molecule has 1 heterocycles. The standard InChI is InChI=1S/C21H15Cl2NO2/c1-12-16(20(25)14-7-3-5-9-18(14)22)11-17(13(2)24-12)21(26)15-8-4-6-10-19(15)23/h3-11H,1-2H3. The quantitative estimate of drug-likeness (QED) is 0.561. The van der Waals surface area contributed by atoms with Gasteiger partial charge in [-0.15, -0.1) is 0 Å². The first-order chi connectivity index (χ1) is 12.4. The highest BCUT2D eigenvalue weighted by atomic mass is 35.5. The van der Waals surface area contributed by atoms with Gasteiger partial charge in [-0.05, 0) is 44.2 Å². The first-order valence-corrected chi connectivity index (χ1v) is 8.72. The normalized spacial score (nSPS) is 10.6. The summed E-state index contributed by atoms with van der Waals surface area (Å²) in [5, 5.41) is 0.716. The van der Waals surface area contributed by atoms with Crippen molar-refractivity contribution < 1.29 is 9.59 Å². The number of hydrogen-bond acceptors (Lipinski definition) is 3. The maximum absolute atomic E-state index is 12.9. The van der Waals surface area contributed by atoms with Crippen LogP contribution in [-0.4, -0.2) is 16.6 Å². The lowest BCUT2D eigenvalue weighted by atomic mass is 9.95. The summed E-state index contributed by atoms with van der Waals surface area (Å²) in [6, 6.07) is 15.2. The van der Waals surface area contributed by atoms with Gasteiger partial charge in [-0.3, -0.25) is 14.6 Å². The maximum atomic E-state index is 12.9. The summed E-state index contributed by atoms with van der Waals surface area (Å²) in [7, 11) is 0. The fourth-order valence-electron chi connectivity index (χ4n) is 2.77. The Morgan fingerprint density at radius 2 is 1.08 bits per heavy atom. The summed E-state index contributed by atoms with van der Waals surface area (Å²) in [4.78, 5) is 30.2. The molecule has 0 atom stereocenters. The van der Waals surface area contributed by atoms with Crippen molar-refractivity contribution in [2.24, 2.45) is 0 Å². The largest absolute Gasteiger partial charge is 0.288 e. The van der Waals surface area contributed by atoms with Gasteiger partial charge in [0.2, 0.25) is 0 Å². The van der Waals surface area contributed by atoms with E-state index in [1.54, 1.807) is 68.4 Å². The van der Waals surface area contributed by atoms with Crippen molar-refractivity contribution in [1.82, 2.24) is 4.98 Å². The van der Waals surface area contributed by atoms with Gasteiger partial charge in [0.25, 0.3) is 0 Å². The summed E-state index contributed by atoms with van der Waals surface area (Å²) >= 11 is 12.3. The Hall–Kier alpha value is -2.49. The van der Waals surface area contributed by atoms with E-state index in [1.165, 1.54) is 0 Å². The minimum absolute atomic E-state index is 0.270. The van der Waals surface area contributed by atoms with Gasteiger partial charge in [0.1, 0.15) is 0 Å². The van der Waals surface area contributed by atoms with E-state index in [2.05, 4.69) is 4.98 Å². The molecule has 0 aliphatic carbocycles. The van der Waals surface area contributed by atoms with Crippen LogP contribution in [0.1, 0.15) is 43.2 Å². The highest BCUT2D eigenvalue weighted by molar-refractivity contribution is 6.36. The number of aryl methyl sites for hydroxylation is 2. The summed E-state index contributed by atoms with van der Waals surface area (Å²) in [6.07, 6.45) is 0. The van der Waals surface area contributed by atoms with Gasteiger partial charge in [0.15, 0.2) is 11.6 Å². The van der Waals surface area contributed by atoms with Gasteiger partial charge in [0.05, 0.1) is 10.0 Å². The molecule has 3 rings (SSSR count).